The number of hydrogen-bond donors (Lipinski definition) is 0. The fourth-order valence-corrected chi connectivity index (χ4v) is 3.15. The Labute approximate surface area is 140 Å². The van der Waals surface area contributed by atoms with Gasteiger partial charge in [0.25, 0.3) is 0 Å². The average Bonchev–Trinajstić information content (AvgIpc) is 2.55. The molecule has 1 aromatic rings. The molecular formula is C19H30N2O2. The van der Waals surface area contributed by atoms with Crippen molar-refractivity contribution in [2.24, 2.45) is 5.92 Å². The predicted molar refractivity (Wildman–Crippen MR) is 93.8 cm³/mol. The van der Waals surface area contributed by atoms with Crippen LogP contribution in [0.1, 0.15) is 50.6 Å². The number of carbonyl (C=O) groups is 1. The second-order valence-corrected chi connectivity index (χ2v) is 6.96. The van der Waals surface area contributed by atoms with Gasteiger partial charge in [-0.05, 0) is 57.5 Å². The first kappa shape index (κ1) is 17.8. The van der Waals surface area contributed by atoms with Crippen LogP contribution in [0.3, 0.4) is 0 Å². The molecule has 0 N–H and O–H groups in total. The third-order valence-corrected chi connectivity index (χ3v) is 4.89. The number of nitrogens with zero attached hydrogens (tertiary/aromatic N) is 2. The van der Waals surface area contributed by atoms with Crippen LogP contribution in [0.5, 0.6) is 5.75 Å². The summed E-state index contributed by atoms with van der Waals surface area (Å²) in [5.74, 6) is 1.25. The lowest BCUT2D eigenvalue weighted by Crippen LogP contribution is -2.34. The van der Waals surface area contributed by atoms with Gasteiger partial charge in [-0.2, -0.15) is 0 Å². The average molecular weight is 318 g/mol. The number of hydrogen-bond acceptors (Lipinski definition) is 3. The molecular weight excluding hydrogens is 288 g/mol. The van der Waals surface area contributed by atoms with E-state index in [0.717, 1.165) is 12.1 Å². The van der Waals surface area contributed by atoms with E-state index in [1.54, 1.807) is 4.90 Å². The molecule has 1 amide bonds. The van der Waals surface area contributed by atoms with Crippen LogP contribution in [-0.2, 0) is 0 Å². The van der Waals surface area contributed by atoms with Crippen molar-refractivity contribution in [3.8, 4) is 5.75 Å². The SMILES string of the molecule is C[C@@H](c1cccc(OC(=O)N(C)CC2CCCCC2)c1)N(C)C. The van der Waals surface area contributed by atoms with Gasteiger partial charge in [0.05, 0.1) is 0 Å². The van der Waals surface area contributed by atoms with Crippen molar-refractivity contribution in [2.75, 3.05) is 27.7 Å². The molecule has 23 heavy (non-hydrogen) atoms. The number of benzene rings is 1. The van der Waals surface area contributed by atoms with E-state index >= 15 is 0 Å². The van der Waals surface area contributed by atoms with Crippen LogP contribution < -0.4 is 4.74 Å². The van der Waals surface area contributed by atoms with Crippen molar-refractivity contribution in [1.29, 1.82) is 0 Å². The van der Waals surface area contributed by atoms with Gasteiger partial charge >= 0.3 is 6.09 Å². The Morgan fingerprint density at radius 3 is 2.57 bits per heavy atom. The van der Waals surface area contributed by atoms with Gasteiger partial charge in [-0.1, -0.05) is 31.4 Å². The van der Waals surface area contributed by atoms with Gasteiger partial charge in [0, 0.05) is 19.6 Å². The van der Waals surface area contributed by atoms with Gasteiger partial charge < -0.3 is 14.5 Å². The molecule has 0 spiro atoms. The Morgan fingerprint density at radius 1 is 1.22 bits per heavy atom. The molecule has 1 aliphatic rings. The number of rotatable bonds is 5. The van der Waals surface area contributed by atoms with E-state index in [9.17, 15) is 4.79 Å². The molecule has 1 aromatic carbocycles. The molecule has 0 heterocycles. The second kappa shape index (κ2) is 8.34. The first-order chi connectivity index (χ1) is 11.0. The van der Waals surface area contributed by atoms with E-state index in [0.29, 0.717) is 11.7 Å². The summed E-state index contributed by atoms with van der Waals surface area (Å²) in [6.45, 7) is 2.93. The maximum Gasteiger partial charge on any atom is 0.414 e. The van der Waals surface area contributed by atoms with Gasteiger partial charge in [-0.3, -0.25) is 0 Å². The number of ether oxygens (including phenoxy) is 1. The van der Waals surface area contributed by atoms with E-state index in [-0.39, 0.29) is 12.1 Å². The van der Waals surface area contributed by atoms with Crippen molar-refractivity contribution >= 4 is 6.09 Å². The van der Waals surface area contributed by atoms with E-state index < -0.39 is 0 Å². The molecule has 1 aliphatic carbocycles. The highest BCUT2D eigenvalue weighted by Crippen LogP contribution is 2.25. The van der Waals surface area contributed by atoms with Crippen LogP contribution in [-0.4, -0.2) is 43.6 Å². The Kier molecular flexibility index (Phi) is 6.46. The molecule has 0 unspecified atom stereocenters. The highest BCUT2D eigenvalue weighted by molar-refractivity contribution is 5.70. The van der Waals surface area contributed by atoms with Crippen LogP contribution in [0.15, 0.2) is 24.3 Å². The van der Waals surface area contributed by atoms with Gasteiger partial charge in [-0.25, -0.2) is 4.79 Å². The molecule has 2 rings (SSSR count). The largest absolute Gasteiger partial charge is 0.414 e. The number of carbonyl (C=O) groups excluding carboxylic acids is 1. The van der Waals surface area contributed by atoms with Crippen LogP contribution in [0.25, 0.3) is 0 Å². The third-order valence-electron chi connectivity index (χ3n) is 4.89. The lowest BCUT2D eigenvalue weighted by Gasteiger charge is -2.26. The second-order valence-electron chi connectivity index (χ2n) is 6.96. The molecule has 128 valence electrons. The quantitative estimate of drug-likeness (QED) is 0.810. The van der Waals surface area contributed by atoms with Crippen molar-refractivity contribution in [1.82, 2.24) is 9.80 Å². The van der Waals surface area contributed by atoms with Crippen LogP contribution >= 0.6 is 0 Å². The zero-order chi connectivity index (χ0) is 16.8. The third kappa shape index (κ3) is 5.24. The summed E-state index contributed by atoms with van der Waals surface area (Å²) >= 11 is 0. The van der Waals surface area contributed by atoms with E-state index in [4.69, 9.17) is 4.74 Å². The Balaban J connectivity index is 1.92. The van der Waals surface area contributed by atoms with Crippen LogP contribution in [0.4, 0.5) is 4.79 Å². The van der Waals surface area contributed by atoms with E-state index in [1.807, 2.05) is 39.3 Å². The molecule has 0 saturated heterocycles. The molecule has 1 saturated carbocycles. The fraction of sp³-hybridized carbons (Fsp3) is 0.632. The maximum absolute atomic E-state index is 12.3. The Morgan fingerprint density at radius 2 is 1.91 bits per heavy atom. The highest BCUT2D eigenvalue weighted by Gasteiger charge is 2.19. The molecule has 4 nitrogen and oxygen atoms in total. The first-order valence-corrected chi connectivity index (χ1v) is 8.66. The molecule has 0 bridgehead atoms. The topological polar surface area (TPSA) is 32.8 Å². The highest BCUT2D eigenvalue weighted by atomic mass is 16.6. The van der Waals surface area contributed by atoms with Crippen molar-refractivity contribution < 1.29 is 9.53 Å². The molecule has 1 atom stereocenters. The molecule has 4 heteroatoms. The van der Waals surface area contributed by atoms with Gasteiger partial charge in [-0.15, -0.1) is 0 Å². The standard InChI is InChI=1S/C19H30N2O2/c1-15(20(2)3)17-11-8-12-18(13-17)23-19(22)21(4)14-16-9-6-5-7-10-16/h8,11-13,15-16H,5-7,9-10,14H2,1-4H3/t15-/m0/s1. The van der Waals surface area contributed by atoms with Gasteiger partial charge in [0.1, 0.15) is 5.75 Å². The summed E-state index contributed by atoms with van der Waals surface area (Å²) in [7, 11) is 5.92. The fourth-order valence-electron chi connectivity index (χ4n) is 3.15. The summed E-state index contributed by atoms with van der Waals surface area (Å²) in [4.78, 5) is 16.1. The lowest BCUT2D eigenvalue weighted by atomic mass is 9.89. The zero-order valence-corrected chi connectivity index (χ0v) is 14.9. The zero-order valence-electron chi connectivity index (χ0n) is 14.9. The minimum absolute atomic E-state index is 0.259. The summed E-state index contributed by atoms with van der Waals surface area (Å²) in [6, 6.07) is 8.09. The minimum atomic E-state index is -0.259. The molecule has 1 fully saturated rings. The molecule has 0 aromatic heterocycles. The van der Waals surface area contributed by atoms with Crippen molar-refractivity contribution in [3.63, 3.8) is 0 Å². The van der Waals surface area contributed by atoms with Gasteiger partial charge in [0.2, 0.25) is 0 Å². The van der Waals surface area contributed by atoms with Crippen LogP contribution in [0.2, 0.25) is 0 Å². The number of amides is 1. The normalized spacial score (nSPS) is 17.1. The summed E-state index contributed by atoms with van der Waals surface area (Å²) < 4.78 is 5.56. The summed E-state index contributed by atoms with van der Waals surface area (Å²) in [6.07, 6.45) is 6.11. The van der Waals surface area contributed by atoms with Crippen molar-refractivity contribution in [2.45, 2.75) is 45.1 Å². The minimum Gasteiger partial charge on any atom is -0.410 e. The summed E-state index contributed by atoms with van der Waals surface area (Å²) in [5, 5.41) is 0. The molecule has 0 aliphatic heterocycles. The van der Waals surface area contributed by atoms with Gasteiger partial charge in [0.15, 0.2) is 0 Å². The van der Waals surface area contributed by atoms with Crippen molar-refractivity contribution in [3.05, 3.63) is 29.8 Å². The molecule has 0 radical (unpaired) electrons. The summed E-state index contributed by atoms with van der Waals surface area (Å²) in [5.41, 5.74) is 1.15. The maximum atomic E-state index is 12.3. The Hall–Kier alpha value is -1.55. The first-order valence-electron chi connectivity index (χ1n) is 8.66. The van der Waals surface area contributed by atoms with Crippen LogP contribution in [0, 0.1) is 5.92 Å². The smallest absolute Gasteiger partial charge is 0.410 e. The predicted octanol–water partition coefficient (Wildman–Crippen LogP) is 4.32. The van der Waals surface area contributed by atoms with E-state index in [2.05, 4.69) is 17.9 Å². The Bertz CT molecular complexity index is 510. The van der Waals surface area contributed by atoms with E-state index in [1.165, 1.54) is 32.1 Å². The lowest BCUT2D eigenvalue weighted by molar-refractivity contribution is 0.150. The monoisotopic (exact) mass is 318 g/mol.